The molecule has 1 atom stereocenters. The van der Waals surface area contributed by atoms with Crippen molar-refractivity contribution in [3.63, 3.8) is 0 Å². The zero-order valence-electron chi connectivity index (χ0n) is 10.8. The Morgan fingerprint density at radius 3 is 2.42 bits per heavy atom. The highest BCUT2D eigenvalue weighted by Gasteiger charge is 2.21. The first-order chi connectivity index (χ1) is 8.54. The fraction of sp³-hybridized carbons (Fsp3) is 0.417. The molecule has 0 aliphatic carbocycles. The molecule has 0 aliphatic rings. The van der Waals surface area contributed by atoms with Crippen molar-refractivity contribution in [2.75, 3.05) is 20.8 Å². The van der Waals surface area contributed by atoms with Gasteiger partial charge in [-0.25, -0.2) is 4.79 Å². The van der Waals surface area contributed by atoms with Crippen LogP contribution < -0.4 is 15.2 Å². The van der Waals surface area contributed by atoms with Crippen LogP contribution in [0.4, 0.5) is 0 Å². The van der Waals surface area contributed by atoms with Crippen molar-refractivity contribution in [3.8, 4) is 11.5 Å². The third-order valence-electron chi connectivity index (χ3n) is 2.56. The Morgan fingerprint density at radius 2 is 2.00 bits per heavy atom. The number of benzene rings is 1. The molecule has 0 spiro atoms. The summed E-state index contributed by atoms with van der Waals surface area (Å²) in [7, 11) is 2.81. The van der Waals surface area contributed by atoms with Crippen LogP contribution in [0.2, 0.25) is 0 Å². The van der Waals surface area contributed by atoms with Gasteiger partial charge >= 0.3 is 5.97 Å². The number of ether oxygens (including phenoxy) is 2. The molecule has 4 N–H and O–H groups in total. The van der Waals surface area contributed by atoms with Gasteiger partial charge in [0, 0.05) is 6.04 Å². The van der Waals surface area contributed by atoms with Crippen molar-refractivity contribution in [3.05, 3.63) is 23.3 Å². The SMILES string of the molecule is COc1ccc(CC(N)CO)c(C(=O)O)c1OC.Cl. The number of halogens is 1. The molecule has 0 heterocycles. The third kappa shape index (κ3) is 3.99. The summed E-state index contributed by atoms with van der Waals surface area (Å²) in [6, 6.07) is 2.71. The molecule has 0 fully saturated rings. The number of aromatic carboxylic acids is 1. The van der Waals surface area contributed by atoms with Crippen LogP contribution in [0.3, 0.4) is 0 Å². The quantitative estimate of drug-likeness (QED) is 0.712. The van der Waals surface area contributed by atoms with E-state index in [4.69, 9.17) is 20.3 Å². The molecular formula is C12H18ClNO5. The van der Waals surface area contributed by atoms with E-state index < -0.39 is 12.0 Å². The second-order valence-electron chi connectivity index (χ2n) is 3.79. The highest BCUT2D eigenvalue weighted by atomic mass is 35.5. The Hall–Kier alpha value is -1.50. The molecule has 1 aromatic carbocycles. The molecule has 0 bridgehead atoms. The summed E-state index contributed by atoms with van der Waals surface area (Å²) in [5, 5.41) is 18.2. The van der Waals surface area contributed by atoms with E-state index >= 15 is 0 Å². The zero-order valence-corrected chi connectivity index (χ0v) is 11.6. The van der Waals surface area contributed by atoms with Crippen LogP contribution in [-0.2, 0) is 6.42 Å². The van der Waals surface area contributed by atoms with Gasteiger partial charge in [0.25, 0.3) is 0 Å². The number of hydrogen-bond acceptors (Lipinski definition) is 5. The smallest absolute Gasteiger partial charge is 0.339 e. The predicted octanol–water partition coefficient (Wildman–Crippen LogP) is 0.686. The topological polar surface area (TPSA) is 102 Å². The number of aliphatic hydroxyl groups excluding tert-OH is 1. The minimum atomic E-state index is -1.12. The molecule has 19 heavy (non-hydrogen) atoms. The fourth-order valence-electron chi connectivity index (χ4n) is 1.72. The van der Waals surface area contributed by atoms with Crippen LogP contribution in [0, 0.1) is 0 Å². The Kier molecular flexibility index (Phi) is 7.21. The van der Waals surface area contributed by atoms with Crippen molar-refractivity contribution in [1.29, 1.82) is 0 Å². The van der Waals surface area contributed by atoms with Crippen molar-refractivity contribution < 1.29 is 24.5 Å². The second-order valence-corrected chi connectivity index (χ2v) is 3.79. The maximum Gasteiger partial charge on any atom is 0.339 e. The van der Waals surface area contributed by atoms with Crippen LogP contribution in [0.25, 0.3) is 0 Å². The van der Waals surface area contributed by atoms with Gasteiger partial charge in [-0.3, -0.25) is 0 Å². The van der Waals surface area contributed by atoms with Crippen LogP contribution in [0.5, 0.6) is 11.5 Å². The highest BCUT2D eigenvalue weighted by Crippen LogP contribution is 2.33. The van der Waals surface area contributed by atoms with Crippen LogP contribution in [0.15, 0.2) is 12.1 Å². The maximum absolute atomic E-state index is 11.3. The Balaban J connectivity index is 0.00000324. The number of hydrogen-bond donors (Lipinski definition) is 3. The van der Waals surface area contributed by atoms with Crippen molar-refractivity contribution in [1.82, 2.24) is 0 Å². The van der Waals surface area contributed by atoms with Gasteiger partial charge in [0.05, 0.1) is 20.8 Å². The zero-order chi connectivity index (χ0) is 13.7. The summed E-state index contributed by atoms with van der Waals surface area (Å²) in [6.45, 7) is -0.215. The lowest BCUT2D eigenvalue weighted by molar-refractivity contribution is 0.0691. The Labute approximate surface area is 117 Å². The van der Waals surface area contributed by atoms with E-state index in [1.54, 1.807) is 12.1 Å². The van der Waals surface area contributed by atoms with Gasteiger partial charge in [-0.15, -0.1) is 12.4 Å². The number of rotatable bonds is 6. The largest absolute Gasteiger partial charge is 0.493 e. The standard InChI is InChI=1S/C12H17NO5.ClH/c1-17-9-4-3-7(5-8(13)6-14)10(12(15)16)11(9)18-2;/h3-4,8,14H,5-6,13H2,1-2H3,(H,15,16);1H. The van der Waals surface area contributed by atoms with Gasteiger partial charge in [0.15, 0.2) is 11.5 Å². The monoisotopic (exact) mass is 291 g/mol. The van der Waals surface area contributed by atoms with E-state index in [1.807, 2.05) is 0 Å². The van der Waals surface area contributed by atoms with Gasteiger partial charge in [-0.2, -0.15) is 0 Å². The van der Waals surface area contributed by atoms with E-state index in [-0.39, 0.29) is 36.7 Å². The molecule has 0 aromatic heterocycles. The van der Waals surface area contributed by atoms with Crippen LogP contribution in [0.1, 0.15) is 15.9 Å². The molecule has 1 rings (SSSR count). The summed E-state index contributed by atoms with van der Waals surface area (Å²) >= 11 is 0. The average Bonchev–Trinajstić information content (AvgIpc) is 2.37. The summed E-state index contributed by atoms with van der Waals surface area (Å²) in [5.41, 5.74) is 6.14. The van der Waals surface area contributed by atoms with E-state index in [0.717, 1.165) is 0 Å². The Bertz CT molecular complexity index is 438. The minimum absolute atomic E-state index is 0. The highest BCUT2D eigenvalue weighted by molar-refractivity contribution is 5.94. The molecule has 7 heteroatoms. The molecule has 6 nitrogen and oxygen atoms in total. The number of aliphatic hydroxyl groups is 1. The normalized spacial score (nSPS) is 11.4. The molecule has 0 saturated heterocycles. The van der Waals surface area contributed by atoms with Gasteiger partial charge in [0.2, 0.25) is 0 Å². The minimum Gasteiger partial charge on any atom is -0.493 e. The Morgan fingerprint density at radius 1 is 1.37 bits per heavy atom. The van der Waals surface area contributed by atoms with E-state index in [2.05, 4.69) is 0 Å². The van der Waals surface area contributed by atoms with Gasteiger partial charge in [-0.05, 0) is 18.1 Å². The number of carbonyl (C=O) groups is 1. The molecular weight excluding hydrogens is 274 g/mol. The number of methoxy groups -OCH3 is 2. The third-order valence-corrected chi connectivity index (χ3v) is 2.56. The first-order valence-corrected chi connectivity index (χ1v) is 5.38. The van der Waals surface area contributed by atoms with E-state index in [1.165, 1.54) is 14.2 Å². The molecule has 1 unspecified atom stereocenters. The van der Waals surface area contributed by atoms with E-state index in [0.29, 0.717) is 11.3 Å². The number of nitrogens with two attached hydrogens (primary N) is 1. The van der Waals surface area contributed by atoms with Crippen LogP contribution in [-0.4, -0.2) is 43.1 Å². The lowest BCUT2D eigenvalue weighted by Gasteiger charge is -2.16. The predicted molar refractivity (Wildman–Crippen MR) is 72.5 cm³/mol. The maximum atomic E-state index is 11.3. The lowest BCUT2D eigenvalue weighted by Crippen LogP contribution is -2.27. The summed E-state index contributed by atoms with van der Waals surface area (Å²) < 4.78 is 10.1. The first kappa shape index (κ1) is 17.5. The lowest BCUT2D eigenvalue weighted by atomic mass is 9.99. The molecule has 0 radical (unpaired) electrons. The van der Waals surface area contributed by atoms with Crippen molar-refractivity contribution in [2.24, 2.45) is 5.73 Å². The second kappa shape index (κ2) is 7.83. The fourth-order valence-corrected chi connectivity index (χ4v) is 1.72. The number of carboxylic acids is 1. The van der Waals surface area contributed by atoms with Gasteiger partial charge < -0.3 is 25.4 Å². The van der Waals surface area contributed by atoms with Gasteiger partial charge in [0.1, 0.15) is 5.56 Å². The van der Waals surface area contributed by atoms with Crippen LogP contribution >= 0.6 is 12.4 Å². The van der Waals surface area contributed by atoms with E-state index in [9.17, 15) is 9.90 Å². The number of carboxylic acid groups (broad SMARTS) is 1. The first-order valence-electron chi connectivity index (χ1n) is 5.38. The molecule has 0 amide bonds. The molecule has 0 aliphatic heterocycles. The summed E-state index contributed by atoms with van der Waals surface area (Å²) in [4.78, 5) is 11.3. The van der Waals surface area contributed by atoms with Crippen molar-refractivity contribution in [2.45, 2.75) is 12.5 Å². The average molecular weight is 292 g/mol. The summed E-state index contributed by atoms with van der Waals surface area (Å²) in [5.74, 6) is -0.616. The summed E-state index contributed by atoms with van der Waals surface area (Å²) in [6.07, 6.45) is 0.248. The molecule has 1 aromatic rings. The molecule has 0 saturated carbocycles. The van der Waals surface area contributed by atoms with Crippen molar-refractivity contribution >= 4 is 18.4 Å². The molecule has 108 valence electrons. The van der Waals surface area contributed by atoms with Gasteiger partial charge in [-0.1, -0.05) is 6.07 Å².